The fraction of sp³-hybridized carbons (Fsp3) is 0.900. The monoisotopic (exact) mass is 378 g/mol. The van der Waals surface area contributed by atoms with Gasteiger partial charge in [-0.1, -0.05) is 13.8 Å². The zero-order valence-corrected chi connectivity index (χ0v) is 16.0. The van der Waals surface area contributed by atoms with Crippen LogP contribution in [0, 0.1) is 29.6 Å². The van der Waals surface area contributed by atoms with Gasteiger partial charge >= 0.3 is 5.97 Å². The van der Waals surface area contributed by atoms with E-state index < -0.39 is 58.0 Å². The molecule has 7 fully saturated rings. The Labute approximate surface area is 157 Å². The summed E-state index contributed by atoms with van der Waals surface area (Å²) < 4.78 is 18.6. The normalized spacial score (nSPS) is 68.1. The van der Waals surface area contributed by atoms with Crippen molar-refractivity contribution in [1.82, 2.24) is 0 Å². The molecule has 11 atom stereocenters. The standard InChI is InChI=1S/C20H26O7/c1-8-7-18-10-5-11-13(21)16(3)6-9(2)20(24,26-16)12(15(23)25-18)19(11,18)27-17(8,4)14(10)22/h8-12,14,22,24H,5-7H2,1-4H3/t8-,9-,10-,11+,12-,14-,16?,17+,18-,19+,20+/m0/s1. The van der Waals surface area contributed by atoms with E-state index in [1.807, 2.05) is 13.8 Å². The van der Waals surface area contributed by atoms with Crippen LogP contribution in [0.2, 0.25) is 0 Å². The highest BCUT2D eigenvalue weighted by Crippen LogP contribution is 2.76. The van der Waals surface area contributed by atoms with Crippen molar-refractivity contribution in [2.75, 3.05) is 0 Å². The van der Waals surface area contributed by atoms with Crippen molar-refractivity contribution in [3.05, 3.63) is 0 Å². The number of aliphatic hydroxyl groups is 2. The number of Topliss-reactive ketones (excluding diaryl/α,β-unsaturated/α-hetero) is 1. The molecule has 7 heteroatoms. The van der Waals surface area contributed by atoms with Crippen LogP contribution in [0.3, 0.4) is 0 Å². The number of ketones is 1. The van der Waals surface area contributed by atoms with Crippen molar-refractivity contribution in [1.29, 1.82) is 0 Å². The van der Waals surface area contributed by atoms with Crippen LogP contribution in [0.4, 0.5) is 0 Å². The van der Waals surface area contributed by atoms with Gasteiger partial charge in [-0.05, 0) is 39.0 Å². The molecule has 0 aromatic carbocycles. The van der Waals surface area contributed by atoms with Crippen LogP contribution in [0.25, 0.3) is 0 Å². The first-order valence-corrected chi connectivity index (χ1v) is 10.0. The number of esters is 1. The SMILES string of the molecule is C[C@H]1C[C@]23OC(=O)[C@@H]4[C@]5(O)OC(C)(C[C@@H]5C)C(=O)[C@H]5C[C@H]2[C@H](O)[C@]1(C)O[C@]543. The fourth-order valence-corrected chi connectivity index (χ4v) is 7.92. The predicted octanol–water partition coefficient (Wildman–Crippen LogP) is 0.549. The second-order valence-electron chi connectivity index (χ2n) is 10.3. The minimum Gasteiger partial charge on any atom is -0.455 e. The summed E-state index contributed by atoms with van der Waals surface area (Å²) >= 11 is 0. The topological polar surface area (TPSA) is 102 Å². The van der Waals surface area contributed by atoms with E-state index in [0.29, 0.717) is 19.3 Å². The van der Waals surface area contributed by atoms with Crippen LogP contribution in [-0.4, -0.2) is 56.3 Å². The van der Waals surface area contributed by atoms with Gasteiger partial charge in [-0.3, -0.25) is 9.59 Å². The molecule has 2 aliphatic carbocycles. The molecule has 0 aromatic rings. The maximum Gasteiger partial charge on any atom is 0.318 e. The van der Waals surface area contributed by atoms with Crippen molar-refractivity contribution in [2.45, 2.75) is 81.3 Å². The molecular weight excluding hydrogens is 352 g/mol. The number of hydrogen-bond donors (Lipinski definition) is 2. The number of rotatable bonds is 0. The summed E-state index contributed by atoms with van der Waals surface area (Å²) in [5, 5.41) is 22.7. The number of hydrogen-bond acceptors (Lipinski definition) is 7. The molecule has 5 heterocycles. The van der Waals surface area contributed by atoms with Crippen molar-refractivity contribution in [3.63, 3.8) is 0 Å². The molecular formula is C20H26O7. The van der Waals surface area contributed by atoms with E-state index in [1.54, 1.807) is 13.8 Å². The Morgan fingerprint density at radius 2 is 1.78 bits per heavy atom. The van der Waals surface area contributed by atoms with Crippen LogP contribution < -0.4 is 0 Å². The van der Waals surface area contributed by atoms with Crippen LogP contribution >= 0.6 is 0 Å². The lowest BCUT2D eigenvalue weighted by atomic mass is 9.54. The third-order valence-electron chi connectivity index (χ3n) is 9.20. The van der Waals surface area contributed by atoms with Crippen LogP contribution in [-0.2, 0) is 23.8 Å². The highest BCUT2D eigenvalue weighted by Gasteiger charge is 2.91. The molecule has 0 aromatic heterocycles. The zero-order valence-electron chi connectivity index (χ0n) is 16.0. The average Bonchev–Trinajstić information content (AvgIpc) is 3.01. The van der Waals surface area contributed by atoms with Crippen LogP contribution in [0.15, 0.2) is 0 Å². The van der Waals surface area contributed by atoms with E-state index in [2.05, 4.69) is 0 Å². The molecule has 2 spiro atoms. The molecule has 0 amide bonds. The lowest BCUT2D eigenvalue weighted by molar-refractivity contribution is -0.370. The molecule has 7 rings (SSSR count). The summed E-state index contributed by atoms with van der Waals surface area (Å²) in [5.41, 5.74) is -4.40. The number of carbonyl (C=O) groups is 2. The molecule has 2 saturated carbocycles. The number of carbonyl (C=O) groups excluding carboxylic acids is 2. The van der Waals surface area contributed by atoms with E-state index in [4.69, 9.17) is 14.2 Å². The van der Waals surface area contributed by atoms with Gasteiger partial charge in [-0.15, -0.1) is 0 Å². The summed E-state index contributed by atoms with van der Waals surface area (Å²) in [7, 11) is 0. The summed E-state index contributed by atoms with van der Waals surface area (Å²) in [6, 6.07) is 0. The Kier molecular flexibility index (Phi) is 2.58. The Morgan fingerprint density at radius 3 is 2.48 bits per heavy atom. The van der Waals surface area contributed by atoms with E-state index in [-0.39, 0.29) is 17.6 Å². The minimum absolute atomic E-state index is 0.0428. The van der Waals surface area contributed by atoms with E-state index in [1.165, 1.54) is 0 Å². The van der Waals surface area contributed by atoms with Gasteiger partial charge < -0.3 is 24.4 Å². The van der Waals surface area contributed by atoms with Crippen molar-refractivity contribution in [2.24, 2.45) is 29.6 Å². The van der Waals surface area contributed by atoms with Crippen LogP contribution in [0.5, 0.6) is 0 Å². The van der Waals surface area contributed by atoms with Gasteiger partial charge in [0, 0.05) is 11.8 Å². The first-order chi connectivity index (χ1) is 12.5. The molecule has 148 valence electrons. The summed E-state index contributed by atoms with van der Waals surface area (Å²) in [5.74, 6) is -5.04. The summed E-state index contributed by atoms with van der Waals surface area (Å²) in [4.78, 5) is 26.9. The molecule has 27 heavy (non-hydrogen) atoms. The highest BCUT2D eigenvalue weighted by molar-refractivity contribution is 5.95. The number of fused-ring (bicyclic) bond motifs is 4. The third-order valence-corrected chi connectivity index (χ3v) is 9.20. The molecule has 5 aliphatic heterocycles. The Bertz CT molecular complexity index is 812. The molecule has 6 bridgehead atoms. The molecule has 0 radical (unpaired) electrons. The van der Waals surface area contributed by atoms with E-state index >= 15 is 0 Å². The van der Waals surface area contributed by atoms with Gasteiger partial charge in [0.2, 0.25) is 0 Å². The van der Waals surface area contributed by atoms with Gasteiger partial charge in [-0.25, -0.2) is 0 Å². The Morgan fingerprint density at radius 1 is 1.07 bits per heavy atom. The molecule has 5 saturated heterocycles. The molecule has 7 nitrogen and oxygen atoms in total. The second kappa shape index (κ2) is 4.13. The summed E-state index contributed by atoms with van der Waals surface area (Å²) in [6.45, 7) is 7.36. The van der Waals surface area contributed by atoms with Crippen molar-refractivity contribution >= 4 is 11.8 Å². The maximum absolute atomic E-state index is 13.7. The number of ether oxygens (including phenoxy) is 3. The predicted molar refractivity (Wildman–Crippen MR) is 89.1 cm³/mol. The van der Waals surface area contributed by atoms with Gasteiger partial charge in [0.1, 0.15) is 22.7 Å². The Hall–Kier alpha value is -1.02. The van der Waals surface area contributed by atoms with Crippen molar-refractivity contribution in [3.8, 4) is 0 Å². The third kappa shape index (κ3) is 1.35. The molecule has 7 aliphatic rings. The average molecular weight is 378 g/mol. The Balaban J connectivity index is 1.68. The van der Waals surface area contributed by atoms with E-state index in [0.717, 1.165) is 0 Å². The van der Waals surface area contributed by atoms with Gasteiger partial charge in [-0.2, -0.15) is 0 Å². The van der Waals surface area contributed by atoms with E-state index in [9.17, 15) is 19.8 Å². The lowest BCUT2D eigenvalue weighted by Crippen LogP contribution is -2.78. The first-order valence-electron chi connectivity index (χ1n) is 10.0. The van der Waals surface area contributed by atoms with Gasteiger partial charge in [0.15, 0.2) is 11.6 Å². The van der Waals surface area contributed by atoms with Crippen LogP contribution in [0.1, 0.15) is 47.0 Å². The molecule has 2 N–H and O–H groups in total. The first kappa shape index (κ1) is 16.9. The highest BCUT2D eigenvalue weighted by atomic mass is 16.7. The fourth-order valence-electron chi connectivity index (χ4n) is 7.92. The quantitative estimate of drug-likeness (QED) is 0.594. The lowest BCUT2D eigenvalue weighted by Gasteiger charge is -2.64. The van der Waals surface area contributed by atoms with Gasteiger partial charge in [0.05, 0.1) is 17.6 Å². The number of aliphatic hydroxyl groups excluding tert-OH is 1. The second-order valence-corrected chi connectivity index (χ2v) is 10.3. The summed E-state index contributed by atoms with van der Waals surface area (Å²) in [6.07, 6.45) is 0.456. The largest absolute Gasteiger partial charge is 0.455 e. The smallest absolute Gasteiger partial charge is 0.318 e. The molecule has 1 unspecified atom stereocenters. The van der Waals surface area contributed by atoms with Gasteiger partial charge in [0.25, 0.3) is 0 Å². The minimum atomic E-state index is -1.81. The zero-order chi connectivity index (χ0) is 19.4. The maximum atomic E-state index is 13.7. The van der Waals surface area contributed by atoms with Crippen molar-refractivity contribution < 1.29 is 34.0 Å².